The van der Waals surface area contributed by atoms with Crippen LogP contribution in [0.3, 0.4) is 0 Å². The van der Waals surface area contributed by atoms with E-state index in [0.717, 1.165) is 13.2 Å². The maximum absolute atomic E-state index is 14.4. The van der Waals surface area contributed by atoms with Crippen LogP contribution < -0.4 is 10.6 Å². The molecule has 1 fully saturated rings. The van der Waals surface area contributed by atoms with Crippen LogP contribution in [0.4, 0.5) is 20.7 Å². The summed E-state index contributed by atoms with van der Waals surface area (Å²) in [7, 11) is -3.46. The van der Waals surface area contributed by atoms with Crippen LogP contribution >= 0.6 is 0 Å². The molecule has 1 saturated heterocycles. The molecule has 2 N–H and O–H groups in total. The molecular weight excluding hydrogens is 454 g/mol. The van der Waals surface area contributed by atoms with E-state index in [2.05, 4.69) is 19.9 Å². The van der Waals surface area contributed by atoms with Gasteiger partial charge in [0.05, 0.1) is 29.5 Å². The van der Waals surface area contributed by atoms with Crippen LogP contribution in [-0.4, -0.2) is 60.9 Å². The molecule has 2 aromatic heterocycles. The Kier molecular flexibility index (Phi) is 5.97. The Bertz CT molecular complexity index is 1290. The number of hydrogen-bond donors (Lipinski definition) is 1. The van der Waals surface area contributed by atoms with Gasteiger partial charge in [0.1, 0.15) is 5.69 Å². The lowest BCUT2D eigenvalue weighted by molar-refractivity contribution is 0.0134. The number of nitrogens with two attached hydrogens (primary N) is 1. The van der Waals surface area contributed by atoms with Crippen molar-refractivity contribution in [2.45, 2.75) is 17.7 Å². The Hall–Kier alpha value is -3.25. The summed E-state index contributed by atoms with van der Waals surface area (Å²) in [6, 6.07) is 7.76. The molecule has 1 aromatic carbocycles. The van der Waals surface area contributed by atoms with E-state index in [1.165, 1.54) is 24.4 Å². The van der Waals surface area contributed by atoms with Crippen molar-refractivity contribution in [2.75, 3.05) is 43.2 Å². The van der Waals surface area contributed by atoms with Gasteiger partial charge in [0.2, 0.25) is 11.9 Å². The summed E-state index contributed by atoms with van der Waals surface area (Å²) in [5.41, 5.74) is 6.05. The number of sulfone groups is 1. The highest BCUT2D eigenvalue weighted by atomic mass is 32.2. The van der Waals surface area contributed by atoms with Gasteiger partial charge >= 0.3 is 0 Å². The second-order valence-electron chi connectivity index (χ2n) is 7.72. The highest BCUT2D eigenvalue weighted by Gasteiger charge is 2.32. The number of nitrogens with zero attached hydrogens (tertiary/aromatic N) is 5. The van der Waals surface area contributed by atoms with E-state index >= 15 is 0 Å². The van der Waals surface area contributed by atoms with Crippen LogP contribution in [0.25, 0.3) is 22.5 Å². The molecule has 1 aliphatic rings. The van der Waals surface area contributed by atoms with Crippen LogP contribution in [0.2, 0.25) is 0 Å². The largest absolute Gasteiger partial charge is 0.378 e. The van der Waals surface area contributed by atoms with Gasteiger partial charge in [0.25, 0.3) is 5.92 Å². The van der Waals surface area contributed by atoms with Crippen LogP contribution in [0.1, 0.15) is 12.6 Å². The molecule has 0 amide bonds. The molecule has 3 aromatic rings. The third kappa shape index (κ3) is 5.06. The first kappa shape index (κ1) is 22.9. The van der Waals surface area contributed by atoms with Gasteiger partial charge in [0.15, 0.2) is 9.84 Å². The van der Waals surface area contributed by atoms with Gasteiger partial charge < -0.3 is 15.4 Å². The first-order valence-electron chi connectivity index (χ1n) is 10.1. The van der Waals surface area contributed by atoms with E-state index in [0.29, 0.717) is 43.5 Å². The Morgan fingerprint density at radius 2 is 1.79 bits per heavy atom. The number of aromatic nitrogens is 4. The zero-order valence-corrected chi connectivity index (χ0v) is 18.8. The summed E-state index contributed by atoms with van der Waals surface area (Å²) in [6.45, 7) is 2.69. The maximum atomic E-state index is 14.4. The predicted molar refractivity (Wildman–Crippen MR) is 119 cm³/mol. The third-order valence-corrected chi connectivity index (χ3v) is 6.18. The fraction of sp³-hybridized carbons (Fsp3) is 0.333. The van der Waals surface area contributed by atoms with Crippen molar-refractivity contribution in [1.82, 2.24) is 19.9 Å². The van der Waals surface area contributed by atoms with Gasteiger partial charge in [-0.3, -0.25) is 0 Å². The standard InChI is InChI=1S/C21H22F2N6O3S/c1-21(22,23)18-15(12-25-19(24)28-18)17-11-16(13-4-3-5-14(10-13)33(2,30)31)26-20(27-17)29-6-8-32-9-7-29/h3-5,10-12H,6-9H2,1-2H3,(H2,24,25,28). The molecule has 33 heavy (non-hydrogen) atoms. The summed E-state index contributed by atoms with van der Waals surface area (Å²) in [5, 5.41) is 0. The van der Waals surface area contributed by atoms with Crippen LogP contribution in [-0.2, 0) is 20.5 Å². The molecule has 0 saturated carbocycles. The molecule has 0 radical (unpaired) electrons. The van der Waals surface area contributed by atoms with E-state index in [9.17, 15) is 17.2 Å². The lowest BCUT2D eigenvalue weighted by Crippen LogP contribution is -2.37. The van der Waals surface area contributed by atoms with Gasteiger partial charge in [-0.1, -0.05) is 12.1 Å². The molecule has 0 atom stereocenters. The lowest BCUT2D eigenvalue weighted by atomic mass is 10.1. The SMILES string of the molecule is CC(F)(F)c1nc(N)ncc1-c1cc(-c2cccc(S(C)(=O)=O)c2)nc(N2CCOCC2)n1. The molecule has 3 heterocycles. The second kappa shape index (κ2) is 8.60. The van der Waals surface area contributed by atoms with Crippen molar-refractivity contribution >= 4 is 21.7 Å². The molecule has 4 rings (SSSR count). The fourth-order valence-corrected chi connectivity index (χ4v) is 4.10. The summed E-state index contributed by atoms with van der Waals surface area (Å²) in [4.78, 5) is 18.7. The number of ether oxygens (including phenoxy) is 1. The molecule has 0 aliphatic carbocycles. The Labute approximate surface area is 189 Å². The quantitative estimate of drug-likeness (QED) is 0.591. The average Bonchev–Trinajstić information content (AvgIpc) is 2.78. The number of morpholine rings is 1. The van der Waals surface area contributed by atoms with Crippen molar-refractivity contribution in [3.05, 3.63) is 42.2 Å². The van der Waals surface area contributed by atoms with E-state index in [1.807, 2.05) is 4.90 Å². The monoisotopic (exact) mass is 476 g/mol. The van der Waals surface area contributed by atoms with Crippen molar-refractivity contribution in [1.29, 1.82) is 0 Å². The van der Waals surface area contributed by atoms with Gasteiger partial charge in [-0.05, 0) is 18.2 Å². The van der Waals surface area contributed by atoms with E-state index in [1.54, 1.807) is 12.1 Å². The second-order valence-corrected chi connectivity index (χ2v) is 9.73. The van der Waals surface area contributed by atoms with Crippen molar-refractivity contribution in [3.63, 3.8) is 0 Å². The fourth-order valence-electron chi connectivity index (χ4n) is 3.43. The number of rotatable bonds is 5. The minimum absolute atomic E-state index is 0.00845. The first-order chi connectivity index (χ1) is 15.5. The zero-order chi connectivity index (χ0) is 23.8. The predicted octanol–water partition coefficient (Wildman–Crippen LogP) is 2.53. The summed E-state index contributed by atoms with van der Waals surface area (Å²) < 4.78 is 58.2. The highest BCUT2D eigenvalue weighted by molar-refractivity contribution is 7.90. The number of alkyl halides is 2. The summed E-state index contributed by atoms with van der Waals surface area (Å²) in [6.07, 6.45) is 2.31. The number of nitrogen functional groups attached to an aromatic ring is 1. The Morgan fingerprint density at radius 3 is 2.45 bits per heavy atom. The molecule has 0 bridgehead atoms. The van der Waals surface area contributed by atoms with Gasteiger partial charge in [-0.15, -0.1) is 0 Å². The smallest absolute Gasteiger partial charge is 0.287 e. The van der Waals surface area contributed by atoms with E-state index < -0.39 is 21.5 Å². The van der Waals surface area contributed by atoms with Crippen LogP contribution in [0.15, 0.2) is 41.4 Å². The number of halogens is 2. The Balaban J connectivity index is 1.93. The van der Waals surface area contributed by atoms with Crippen molar-refractivity contribution in [3.8, 4) is 22.5 Å². The average molecular weight is 477 g/mol. The Morgan fingerprint density at radius 1 is 1.09 bits per heavy atom. The molecule has 0 unspecified atom stereocenters. The number of hydrogen-bond acceptors (Lipinski definition) is 9. The molecule has 0 spiro atoms. The number of anilines is 2. The summed E-state index contributed by atoms with van der Waals surface area (Å²) >= 11 is 0. The summed E-state index contributed by atoms with van der Waals surface area (Å²) in [5.74, 6) is -3.27. The zero-order valence-electron chi connectivity index (χ0n) is 18.0. The molecule has 174 valence electrons. The van der Waals surface area contributed by atoms with Crippen LogP contribution in [0.5, 0.6) is 0 Å². The normalized spacial score (nSPS) is 15.0. The van der Waals surface area contributed by atoms with E-state index in [4.69, 9.17) is 10.5 Å². The van der Waals surface area contributed by atoms with Crippen molar-refractivity contribution < 1.29 is 21.9 Å². The van der Waals surface area contributed by atoms with Gasteiger partial charge in [-0.25, -0.2) is 28.4 Å². The third-order valence-electron chi connectivity index (χ3n) is 5.07. The molecule has 1 aliphatic heterocycles. The maximum Gasteiger partial charge on any atom is 0.287 e. The highest BCUT2D eigenvalue weighted by Crippen LogP contribution is 2.35. The molecule has 9 nitrogen and oxygen atoms in total. The molecular formula is C21H22F2N6O3S. The first-order valence-corrected chi connectivity index (χ1v) is 11.9. The number of benzene rings is 1. The van der Waals surface area contributed by atoms with Crippen LogP contribution in [0, 0.1) is 0 Å². The van der Waals surface area contributed by atoms with Gasteiger partial charge in [-0.2, -0.15) is 8.78 Å². The molecule has 12 heteroatoms. The lowest BCUT2D eigenvalue weighted by Gasteiger charge is -2.27. The topological polar surface area (TPSA) is 124 Å². The van der Waals surface area contributed by atoms with E-state index in [-0.39, 0.29) is 22.1 Å². The minimum Gasteiger partial charge on any atom is -0.378 e. The van der Waals surface area contributed by atoms with Crippen molar-refractivity contribution in [2.24, 2.45) is 0 Å². The van der Waals surface area contributed by atoms with Gasteiger partial charge in [0, 0.05) is 43.6 Å². The minimum atomic E-state index is -3.46.